The molecule has 1 aliphatic rings. The van der Waals surface area contributed by atoms with Crippen molar-refractivity contribution in [3.8, 4) is 0 Å². The van der Waals surface area contributed by atoms with Crippen molar-refractivity contribution in [1.29, 1.82) is 0 Å². The Hall–Kier alpha value is -1.27. The van der Waals surface area contributed by atoms with Crippen LogP contribution >= 0.6 is 12.2 Å². The summed E-state index contributed by atoms with van der Waals surface area (Å²) in [6.07, 6.45) is 1.25. The lowest BCUT2D eigenvalue weighted by atomic mass is 10.3. The lowest BCUT2D eigenvalue weighted by Gasteiger charge is -2.35. The lowest BCUT2D eigenvalue weighted by Crippen LogP contribution is -2.48. The third-order valence-electron chi connectivity index (χ3n) is 2.79. The Balaban J connectivity index is 1.90. The molecule has 2 heterocycles. The Morgan fingerprint density at radius 1 is 1.35 bits per heavy atom. The van der Waals surface area contributed by atoms with Crippen LogP contribution in [0, 0.1) is 5.82 Å². The molecule has 2 N–H and O–H groups in total. The van der Waals surface area contributed by atoms with Crippen LogP contribution in [0.2, 0.25) is 0 Å². The van der Waals surface area contributed by atoms with Gasteiger partial charge in [0, 0.05) is 32.7 Å². The van der Waals surface area contributed by atoms with Gasteiger partial charge in [-0.2, -0.15) is 0 Å². The molecule has 1 aromatic heterocycles. The Bertz CT molecular complexity index is 387. The first-order valence-electron chi connectivity index (χ1n) is 5.52. The number of aromatic nitrogens is 1. The van der Waals surface area contributed by atoms with Crippen molar-refractivity contribution in [3.05, 3.63) is 24.1 Å². The summed E-state index contributed by atoms with van der Waals surface area (Å²) in [5, 5.41) is 0. The lowest BCUT2D eigenvalue weighted by molar-refractivity contribution is 0.291. The molecule has 0 aliphatic carbocycles. The van der Waals surface area contributed by atoms with E-state index >= 15 is 0 Å². The molecule has 1 saturated heterocycles. The zero-order valence-electron chi connectivity index (χ0n) is 9.47. The number of thiocarbonyl (C=S) groups is 1. The fourth-order valence-corrected chi connectivity index (χ4v) is 2.09. The van der Waals surface area contributed by atoms with Crippen LogP contribution in [0.3, 0.4) is 0 Å². The third kappa shape index (κ3) is 3.34. The second-order valence-corrected chi connectivity index (χ2v) is 4.59. The van der Waals surface area contributed by atoms with Crippen molar-refractivity contribution in [2.45, 2.75) is 0 Å². The fraction of sp³-hybridized carbons (Fsp3) is 0.455. The Kier molecular flexibility index (Phi) is 3.86. The van der Waals surface area contributed by atoms with Gasteiger partial charge in [0.05, 0.1) is 11.2 Å². The standard InChI is InChI=1S/C11H15FN4S/c12-9-1-2-11(14-7-9)16-5-3-15(4-6-16)8-10(13)17/h1-2,7H,3-6,8H2,(H2,13,17). The van der Waals surface area contributed by atoms with Crippen molar-refractivity contribution in [3.63, 3.8) is 0 Å². The molecule has 6 heteroatoms. The number of pyridine rings is 1. The van der Waals surface area contributed by atoms with Crippen molar-refractivity contribution in [1.82, 2.24) is 9.88 Å². The molecular weight excluding hydrogens is 239 g/mol. The van der Waals surface area contributed by atoms with Crippen LogP contribution < -0.4 is 10.6 Å². The number of nitrogens with two attached hydrogens (primary N) is 1. The van der Waals surface area contributed by atoms with Crippen LogP contribution in [0.4, 0.5) is 10.2 Å². The SMILES string of the molecule is NC(=S)CN1CCN(c2ccc(F)cn2)CC1. The van der Waals surface area contributed by atoms with Crippen LogP contribution in [0.15, 0.2) is 18.3 Å². The second-order valence-electron chi connectivity index (χ2n) is 4.06. The number of piperazine rings is 1. The average Bonchev–Trinajstić information content (AvgIpc) is 2.30. The summed E-state index contributed by atoms with van der Waals surface area (Å²) in [4.78, 5) is 8.94. The molecule has 1 fully saturated rings. The molecule has 17 heavy (non-hydrogen) atoms. The van der Waals surface area contributed by atoms with Gasteiger partial charge in [0.1, 0.15) is 11.6 Å². The molecule has 92 valence electrons. The van der Waals surface area contributed by atoms with Crippen LogP contribution in [0.5, 0.6) is 0 Å². The maximum atomic E-state index is 12.7. The third-order valence-corrected chi connectivity index (χ3v) is 2.92. The Morgan fingerprint density at radius 3 is 2.59 bits per heavy atom. The monoisotopic (exact) mass is 254 g/mol. The van der Waals surface area contributed by atoms with Gasteiger partial charge in [-0.1, -0.05) is 12.2 Å². The molecule has 0 unspecified atom stereocenters. The van der Waals surface area contributed by atoms with E-state index in [1.54, 1.807) is 6.07 Å². The van der Waals surface area contributed by atoms with E-state index in [0.29, 0.717) is 11.5 Å². The minimum Gasteiger partial charge on any atom is -0.392 e. The van der Waals surface area contributed by atoms with Crippen LogP contribution in [0.25, 0.3) is 0 Å². The van der Waals surface area contributed by atoms with Gasteiger partial charge in [-0.05, 0) is 12.1 Å². The van der Waals surface area contributed by atoms with Gasteiger partial charge >= 0.3 is 0 Å². The maximum Gasteiger partial charge on any atom is 0.141 e. The topological polar surface area (TPSA) is 45.4 Å². The van der Waals surface area contributed by atoms with E-state index in [0.717, 1.165) is 32.0 Å². The molecule has 4 nitrogen and oxygen atoms in total. The second kappa shape index (κ2) is 5.37. The first-order valence-corrected chi connectivity index (χ1v) is 5.93. The van der Waals surface area contributed by atoms with Crippen molar-refractivity contribution in [2.24, 2.45) is 5.73 Å². The Morgan fingerprint density at radius 2 is 2.06 bits per heavy atom. The zero-order chi connectivity index (χ0) is 12.3. The van der Waals surface area contributed by atoms with Gasteiger partial charge in [0.15, 0.2) is 0 Å². The minimum atomic E-state index is -0.305. The van der Waals surface area contributed by atoms with E-state index in [-0.39, 0.29) is 5.82 Å². The smallest absolute Gasteiger partial charge is 0.141 e. The van der Waals surface area contributed by atoms with Gasteiger partial charge in [-0.25, -0.2) is 9.37 Å². The van der Waals surface area contributed by atoms with Gasteiger partial charge in [0.25, 0.3) is 0 Å². The molecule has 0 spiro atoms. The highest BCUT2D eigenvalue weighted by molar-refractivity contribution is 7.80. The highest BCUT2D eigenvalue weighted by Gasteiger charge is 2.18. The van der Waals surface area contributed by atoms with Gasteiger partial charge < -0.3 is 10.6 Å². The largest absolute Gasteiger partial charge is 0.392 e. The number of rotatable bonds is 3. The highest BCUT2D eigenvalue weighted by atomic mass is 32.1. The van der Waals surface area contributed by atoms with E-state index in [1.165, 1.54) is 12.3 Å². The molecule has 1 aliphatic heterocycles. The number of hydrogen-bond donors (Lipinski definition) is 1. The first-order chi connectivity index (χ1) is 8.15. The van der Waals surface area contributed by atoms with Gasteiger partial charge in [-0.15, -0.1) is 0 Å². The van der Waals surface area contributed by atoms with Crippen LogP contribution in [0.1, 0.15) is 0 Å². The van der Waals surface area contributed by atoms with E-state index in [9.17, 15) is 4.39 Å². The molecule has 2 rings (SSSR count). The van der Waals surface area contributed by atoms with Crippen molar-refractivity contribution in [2.75, 3.05) is 37.6 Å². The number of nitrogens with zero attached hydrogens (tertiary/aromatic N) is 3. The summed E-state index contributed by atoms with van der Waals surface area (Å²) in [6.45, 7) is 4.19. The predicted molar refractivity (Wildman–Crippen MR) is 69.6 cm³/mol. The summed E-state index contributed by atoms with van der Waals surface area (Å²) in [5.74, 6) is 0.516. The Labute approximate surface area is 105 Å². The van der Waals surface area contributed by atoms with E-state index < -0.39 is 0 Å². The molecule has 0 amide bonds. The summed E-state index contributed by atoms with van der Waals surface area (Å²) < 4.78 is 12.7. The molecular formula is C11H15FN4S. The number of anilines is 1. The maximum absolute atomic E-state index is 12.7. The molecule has 1 aromatic rings. The summed E-state index contributed by atoms with van der Waals surface area (Å²) in [7, 11) is 0. The summed E-state index contributed by atoms with van der Waals surface area (Å²) in [5.41, 5.74) is 5.51. The van der Waals surface area contributed by atoms with Gasteiger partial charge in [0.2, 0.25) is 0 Å². The van der Waals surface area contributed by atoms with E-state index in [1.807, 2.05) is 0 Å². The molecule has 0 bridgehead atoms. The number of hydrogen-bond acceptors (Lipinski definition) is 4. The molecule has 0 radical (unpaired) electrons. The predicted octanol–water partition coefficient (Wildman–Crippen LogP) is 0.629. The average molecular weight is 254 g/mol. The van der Waals surface area contributed by atoms with Crippen LogP contribution in [-0.2, 0) is 0 Å². The fourth-order valence-electron chi connectivity index (χ4n) is 1.91. The molecule has 0 atom stereocenters. The number of halogens is 1. The summed E-state index contributed by atoms with van der Waals surface area (Å²) >= 11 is 4.88. The normalized spacial score (nSPS) is 17.1. The summed E-state index contributed by atoms with van der Waals surface area (Å²) in [6, 6.07) is 3.14. The van der Waals surface area contributed by atoms with Gasteiger partial charge in [-0.3, -0.25) is 4.90 Å². The highest BCUT2D eigenvalue weighted by Crippen LogP contribution is 2.13. The minimum absolute atomic E-state index is 0.305. The molecule has 0 aromatic carbocycles. The van der Waals surface area contributed by atoms with Crippen molar-refractivity contribution < 1.29 is 4.39 Å². The molecule has 0 saturated carbocycles. The quantitative estimate of drug-likeness (QED) is 0.802. The van der Waals surface area contributed by atoms with Crippen molar-refractivity contribution >= 4 is 23.0 Å². The zero-order valence-corrected chi connectivity index (χ0v) is 10.3. The van der Waals surface area contributed by atoms with Crippen LogP contribution in [-0.4, -0.2) is 47.6 Å². The first kappa shape index (κ1) is 12.2. The van der Waals surface area contributed by atoms with E-state index in [2.05, 4.69) is 14.8 Å². The van der Waals surface area contributed by atoms with E-state index in [4.69, 9.17) is 18.0 Å².